The largest absolute Gasteiger partial charge is 0.397 e. The summed E-state index contributed by atoms with van der Waals surface area (Å²) in [6.45, 7) is 3.37. The number of rotatable bonds is 4. The fourth-order valence-corrected chi connectivity index (χ4v) is 3.37. The molecule has 1 aromatic carbocycles. The molecule has 1 aliphatic heterocycles. The number of nitrogens with two attached hydrogens (primary N) is 1. The summed E-state index contributed by atoms with van der Waals surface area (Å²) in [4.78, 5) is 4.42. The van der Waals surface area contributed by atoms with Crippen molar-refractivity contribution >= 4 is 39.9 Å². The number of hydrogen-bond donors (Lipinski definition) is 3. The predicted molar refractivity (Wildman–Crippen MR) is 95.2 cm³/mol. The van der Waals surface area contributed by atoms with Crippen LogP contribution in [-0.2, 0) is 6.54 Å². The Balaban J connectivity index is 1.79. The van der Waals surface area contributed by atoms with Gasteiger partial charge < -0.3 is 16.4 Å². The Morgan fingerprint density at radius 2 is 2.32 bits per heavy atom. The molecule has 2 heterocycles. The van der Waals surface area contributed by atoms with Crippen LogP contribution in [0.25, 0.3) is 5.57 Å². The van der Waals surface area contributed by atoms with Crippen LogP contribution in [0, 0.1) is 6.92 Å². The molecule has 0 spiro atoms. The van der Waals surface area contributed by atoms with Gasteiger partial charge in [-0.1, -0.05) is 29.8 Å². The van der Waals surface area contributed by atoms with Crippen molar-refractivity contribution in [2.75, 3.05) is 17.6 Å². The molecule has 0 amide bonds. The number of halogens is 1. The molecule has 0 bridgehead atoms. The van der Waals surface area contributed by atoms with Crippen molar-refractivity contribution in [3.63, 3.8) is 0 Å². The molecule has 3 rings (SSSR count). The number of thiazole rings is 1. The van der Waals surface area contributed by atoms with Gasteiger partial charge in [0.25, 0.3) is 0 Å². The summed E-state index contributed by atoms with van der Waals surface area (Å²) in [6, 6.07) is 5.98. The van der Waals surface area contributed by atoms with Crippen molar-refractivity contribution in [2.24, 2.45) is 0 Å². The van der Waals surface area contributed by atoms with Crippen molar-refractivity contribution in [3.05, 3.63) is 57.2 Å². The monoisotopic (exact) mass is 332 g/mol. The zero-order chi connectivity index (χ0) is 15.5. The van der Waals surface area contributed by atoms with Crippen molar-refractivity contribution in [3.8, 4) is 0 Å². The first-order chi connectivity index (χ1) is 10.6. The number of benzene rings is 1. The van der Waals surface area contributed by atoms with Gasteiger partial charge in [-0.2, -0.15) is 0 Å². The lowest BCUT2D eigenvalue weighted by atomic mass is 10.0. The van der Waals surface area contributed by atoms with Crippen LogP contribution in [0.2, 0.25) is 4.34 Å². The third-order valence-electron chi connectivity index (χ3n) is 3.38. The van der Waals surface area contributed by atoms with Crippen molar-refractivity contribution in [1.82, 2.24) is 10.3 Å². The second-order valence-corrected chi connectivity index (χ2v) is 6.82. The average Bonchev–Trinajstić information content (AvgIpc) is 2.85. The van der Waals surface area contributed by atoms with Gasteiger partial charge >= 0.3 is 0 Å². The van der Waals surface area contributed by atoms with Gasteiger partial charge in [0.1, 0.15) is 4.34 Å². The third kappa shape index (κ3) is 3.26. The topological polar surface area (TPSA) is 63.0 Å². The second-order valence-electron chi connectivity index (χ2n) is 5.02. The maximum absolute atomic E-state index is 6.16. The van der Waals surface area contributed by atoms with E-state index >= 15 is 0 Å². The van der Waals surface area contributed by atoms with Crippen LogP contribution in [0.3, 0.4) is 0 Å². The maximum atomic E-state index is 6.16. The van der Waals surface area contributed by atoms with Crippen molar-refractivity contribution < 1.29 is 0 Å². The standard InChI is InChI=1S/C16H17ClN4S/c1-10-21-15(16(17)22-10)9-20-14-7-11(4-5-13(14)18)12-3-2-6-19-8-12/h2-5,7-8,19-20H,6,9,18H2,1H3. The summed E-state index contributed by atoms with van der Waals surface area (Å²) in [5.74, 6) is 0. The molecule has 1 aromatic heterocycles. The van der Waals surface area contributed by atoms with Gasteiger partial charge in [0.15, 0.2) is 0 Å². The number of nitrogens with one attached hydrogen (secondary N) is 2. The number of hydrogen-bond acceptors (Lipinski definition) is 5. The molecule has 2 aromatic rings. The number of aryl methyl sites for hydroxylation is 1. The van der Waals surface area contributed by atoms with Crippen LogP contribution >= 0.6 is 22.9 Å². The zero-order valence-corrected chi connectivity index (χ0v) is 13.8. The molecule has 0 unspecified atom stereocenters. The van der Waals surface area contributed by atoms with E-state index in [1.165, 1.54) is 11.3 Å². The fraction of sp³-hybridized carbons (Fsp3) is 0.188. The van der Waals surface area contributed by atoms with Crippen molar-refractivity contribution in [2.45, 2.75) is 13.5 Å². The Kier molecular flexibility index (Phi) is 4.36. The second kappa shape index (κ2) is 6.42. The Morgan fingerprint density at radius 3 is 3.00 bits per heavy atom. The van der Waals surface area contributed by atoms with Gasteiger partial charge in [-0.25, -0.2) is 4.98 Å². The minimum Gasteiger partial charge on any atom is -0.397 e. The van der Waals surface area contributed by atoms with Gasteiger partial charge in [-0.3, -0.25) is 0 Å². The van der Waals surface area contributed by atoms with E-state index in [4.69, 9.17) is 17.3 Å². The molecule has 22 heavy (non-hydrogen) atoms. The molecule has 4 nitrogen and oxygen atoms in total. The van der Waals surface area contributed by atoms with Crippen LogP contribution in [0.5, 0.6) is 0 Å². The van der Waals surface area contributed by atoms with E-state index in [2.05, 4.69) is 27.8 Å². The Bertz CT molecular complexity index is 749. The van der Waals surface area contributed by atoms with Gasteiger partial charge in [-0.05, 0) is 30.2 Å². The van der Waals surface area contributed by atoms with E-state index in [1.54, 1.807) is 0 Å². The van der Waals surface area contributed by atoms with Gasteiger partial charge in [0.05, 0.1) is 28.6 Å². The third-order valence-corrected chi connectivity index (χ3v) is 4.63. The minimum absolute atomic E-state index is 0.559. The van der Waals surface area contributed by atoms with E-state index in [0.29, 0.717) is 12.2 Å². The summed E-state index contributed by atoms with van der Waals surface area (Å²) in [5, 5.41) is 7.50. The Morgan fingerprint density at radius 1 is 1.45 bits per heavy atom. The smallest absolute Gasteiger partial charge is 0.118 e. The summed E-state index contributed by atoms with van der Waals surface area (Å²) in [6.07, 6.45) is 6.21. The van der Waals surface area contributed by atoms with Crippen LogP contribution in [0.1, 0.15) is 16.3 Å². The number of aromatic nitrogens is 1. The number of nitrogen functional groups attached to an aromatic ring is 1. The molecule has 0 radical (unpaired) electrons. The molecule has 0 fully saturated rings. The molecule has 1 aliphatic rings. The quantitative estimate of drug-likeness (QED) is 0.745. The summed E-state index contributed by atoms with van der Waals surface area (Å²) in [5.41, 5.74) is 10.8. The van der Waals surface area contributed by atoms with Crippen LogP contribution in [0.4, 0.5) is 11.4 Å². The van der Waals surface area contributed by atoms with E-state index < -0.39 is 0 Å². The Labute approximate surface area is 138 Å². The zero-order valence-electron chi connectivity index (χ0n) is 12.2. The Hall–Kier alpha value is -1.98. The predicted octanol–water partition coefficient (Wildman–Crippen LogP) is 3.80. The number of nitrogens with zero attached hydrogens (tertiary/aromatic N) is 1. The van der Waals surface area contributed by atoms with Crippen LogP contribution in [0.15, 0.2) is 36.6 Å². The molecule has 114 valence electrons. The highest BCUT2D eigenvalue weighted by molar-refractivity contribution is 7.15. The van der Waals surface area contributed by atoms with Gasteiger partial charge in [0.2, 0.25) is 0 Å². The highest BCUT2D eigenvalue weighted by Gasteiger charge is 2.09. The van der Waals surface area contributed by atoms with Gasteiger partial charge in [0, 0.05) is 12.7 Å². The highest BCUT2D eigenvalue weighted by Crippen LogP contribution is 2.28. The first kappa shape index (κ1) is 14.9. The normalized spacial score (nSPS) is 13.6. The van der Waals surface area contributed by atoms with Crippen LogP contribution < -0.4 is 16.4 Å². The first-order valence-corrected chi connectivity index (χ1v) is 8.18. The number of dihydropyridines is 1. The molecule has 0 atom stereocenters. The van der Waals surface area contributed by atoms with E-state index in [9.17, 15) is 0 Å². The van der Waals surface area contributed by atoms with E-state index in [-0.39, 0.29) is 0 Å². The van der Waals surface area contributed by atoms with E-state index in [0.717, 1.165) is 38.4 Å². The lowest BCUT2D eigenvalue weighted by molar-refractivity contribution is 0.976. The van der Waals surface area contributed by atoms with Crippen LogP contribution in [-0.4, -0.2) is 11.5 Å². The fourth-order valence-electron chi connectivity index (χ4n) is 2.27. The summed E-state index contributed by atoms with van der Waals surface area (Å²) >= 11 is 7.65. The average molecular weight is 333 g/mol. The van der Waals surface area contributed by atoms with E-state index in [1.807, 2.05) is 31.3 Å². The minimum atomic E-state index is 0.559. The van der Waals surface area contributed by atoms with Crippen molar-refractivity contribution in [1.29, 1.82) is 0 Å². The molecular weight excluding hydrogens is 316 g/mol. The lowest BCUT2D eigenvalue weighted by Crippen LogP contribution is -2.09. The summed E-state index contributed by atoms with van der Waals surface area (Å²) in [7, 11) is 0. The number of allylic oxidation sites excluding steroid dienone is 2. The molecular formula is C16H17ClN4S. The lowest BCUT2D eigenvalue weighted by Gasteiger charge is -2.13. The van der Waals surface area contributed by atoms with Gasteiger partial charge in [-0.15, -0.1) is 11.3 Å². The number of anilines is 2. The molecule has 6 heteroatoms. The first-order valence-electron chi connectivity index (χ1n) is 6.99. The highest BCUT2D eigenvalue weighted by atomic mass is 35.5. The molecule has 0 aliphatic carbocycles. The molecule has 0 saturated carbocycles. The molecule has 0 saturated heterocycles. The SMILES string of the molecule is Cc1nc(CNc2cc(C3=CNCC=C3)ccc2N)c(Cl)s1. The summed E-state index contributed by atoms with van der Waals surface area (Å²) < 4.78 is 0.724. The maximum Gasteiger partial charge on any atom is 0.118 e. The molecule has 4 N–H and O–H groups in total.